The van der Waals surface area contributed by atoms with E-state index in [0.29, 0.717) is 69.4 Å². The van der Waals surface area contributed by atoms with E-state index in [1.54, 1.807) is 51.5 Å². The molecule has 0 bridgehead atoms. The van der Waals surface area contributed by atoms with Crippen LogP contribution in [0.1, 0.15) is 15.9 Å². The number of nitrogens with zero attached hydrogens (tertiary/aromatic N) is 6. The number of fused-ring (bicyclic) bond motifs is 1. The molecule has 2 aliphatic heterocycles. The molecule has 2 aliphatic rings. The van der Waals surface area contributed by atoms with Crippen LogP contribution in [-0.2, 0) is 4.74 Å². The van der Waals surface area contributed by atoms with E-state index in [0.717, 1.165) is 22.5 Å². The molecule has 236 valence electrons. The van der Waals surface area contributed by atoms with Crippen LogP contribution in [0.2, 0.25) is 0 Å². The molecule has 4 aromatic rings. The summed E-state index contributed by atoms with van der Waals surface area (Å²) in [5, 5.41) is 3.30. The average Bonchev–Trinajstić information content (AvgIpc) is 3.50. The van der Waals surface area contributed by atoms with Gasteiger partial charge in [-0.1, -0.05) is 0 Å². The molecule has 14 heteroatoms. The molecular formula is C31H34F2N8O4. The molecule has 2 fully saturated rings. The molecule has 3 amide bonds. The number of nitrogens with one attached hydrogen (secondary N) is 1. The largest absolute Gasteiger partial charge is 0.435 e. The van der Waals surface area contributed by atoms with Crippen molar-refractivity contribution < 1.29 is 27.8 Å². The van der Waals surface area contributed by atoms with Gasteiger partial charge in [0.25, 0.3) is 5.91 Å². The molecule has 6 rings (SSSR count). The molecule has 0 unspecified atom stereocenters. The second-order valence-electron chi connectivity index (χ2n) is 10.9. The third kappa shape index (κ3) is 6.51. The van der Waals surface area contributed by atoms with Gasteiger partial charge in [-0.05, 0) is 55.0 Å². The van der Waals surface area contributed by atoms with Gasteiger partial charge >= 0.3 is 12.6 Å². The Kier molecular flexibility index (Phi) is 8.76. The minimum absolute atomic E-state index is 0.0407. The number of hydrogen-bond acceptors (Lipinski definition) is 8. The summed E-state index contributed by atoms with van der Waals surface area (Å²) in [6.45, 7) is 2.68. The Morgan fingerprint density at radius 1 is 1.04 bits per heavy atom. The highest BCUT2D eigenvalue weighted by molar-refractivity contribution is 5.96. The molecule has 4 heterocycles. The van der Waals surface area contributed by atoms with Gasteiger partial charge in [0.05, 0.1) is 24.6 Å². The number of imidazole rings is 1. The molecule has 3 N–H and O–H groups in total. The smallest absolute Gasteiger partial charge is 0.387 e. The zero-order chi connectivity index (χ0) is 31.5. The minimum Gasteiger partial charge on any atom is -0.435 e. The molecule has 0 aliphatic carbocycles. The lowest BCUT2D eigenvalue weighted by molar-refractivity contribution is -0.0498. The minimum atomic E-state index is -2.89. The van der Waals surface area contributed by atoms with E-state index in [1.807, 2.05) is 23.5 Å². The first kappa shape index (κ1) is 30.2. The number of rotatable bonds is 7. The first-order valence-electron chi connectivity index (χ1n) is 14.7. The lowest BCUT2D eigenvalue weighted by Crippen LogP contribution is -2.57. The summed E-state index contributed by atoms with van der Waals surface area (Å²) in [6.07, 6.45) is 4.95. The Hall–Kier alpha value is -4.82. The number of carbonyl (C=O) groups is 2. The maximum atomic E-state index is 13.4. The molecular weight excluding hydrogens is 586 g/mol. The molecule has 0 radical (unpaired) electrons. The monoisotopic (exact) mass is 620 g/mol. The summed E-state index contributed by atoms with van der Waals surface area (Å²) >= 11 is 0. The highest BCUT2D eigenvalue weighted by Crippen LogP contribution is 2.28. The van der Waals surface area contributed by atoms with E-state index in [2.05, 4.69) is 20.0 Å². The fraction of sp³-hybridized carbons (Fsp3) is 0.355. The van der Waals surface area contributed by atoms with Gasteiger partial charge in [0.15, 0.2) is 11.5 Å². The topological polar surface area (TPSA) is 131 Å². The van der Waals surface area contributed by atoms with Crippen LogP contribution in [-0.4, -0.2) is 106 Å². The second-order valence-corrected chi connectivity index (χ2v) is 10.9. The number of alkyl halides is 2. The van der Waals surface area contributed by atoms with Crippen LogP contribution >= 0.6 is 0 Å². The Balaban J connectivity index is 1.10. The Morgan fingerprint density at radius 3 is 2.51 bits per heavy atom. The van der Waals surface area contributed by atoms with E-state index < -0.39 is 6.61 Å². The lowest BCUT2D eigenvalue weighted by atomic mass is 10.1. The van der Waals surface area contributed by atoms with Crippen molar-refractivity contribution in [2.24, 2.45) is 5.73 Å². The molecule has 2 aromatic heterocycles. The summed E-state index contributed by atoms with van der Waals surface area (Å²) < 4.78 is 36.9. The van der Waals surface area contributed by atoms with Gasteiger partial charge in [-0.3, -0.25) is 9.20 Å². The number of amides is 3. The van der Waals surface area contributed by atoms with Crippen LogP contribution < -0.4 is 15.8 Å². The Morgan fingerprint density at radius 2 is 1.80 bits per heavy atom. The summed E-state index contributed by atoms with van der Waals surface area (Å²) in [4.78, 5) is 40.8. The highest BCUT2D eigenvalue weighted by atomic mass is 19.3. The molecule has 2 saturated heterocycles. The fourth-order valence-corrected chi connectivity index (χ4v) is 5.65. The van der Waals surface area contributed by atoms with E-state index in [4.69, 9.17) is 10.5 Å². The van der Waals surface area contributed by atoms with Crippen LogP contribution in [0.5, 0.6) is 5.75 Å². The van der Waals surface area contributed by atoms with Crippen molar-refractivity contribution in [3.63, 3.8) is 0 Å². The van der Waals surface area contributed by atoms with Crippen molar-refractivity contribution in [1.29, 1.82) is 0 Å². The number of urea groups is 1. The van der Waals surface area contributed by atoms with Crippen molar-refractivity contribution >= 4 is 29.1 Å². The van der Waals surface area contributed by atoms with Gasteiger partial charge < -0.3 is 35.2 Å². The predicted octanol–water partition coefficient (Wildman–Crippen LogP) is 3.59. The van der Waals surface area contributed by atoms with Crippen LogP contribution in [0.25, 0.3) is 16.9 Å². The number of benzene rings is 2. The van der Waals surface area contributed by atoms with E-state index >= 15 is 0 Å². The zero-order valence-electron chi connectivity index (χ0n) is 24.7. The molecule has 12 nitrogen and oxygen atoms in total. The Labute approximate surface area is 258 Å². The van der Waals surface area contributed by atoms with Crippen molar-refractivity contribution in [1.82, 2.24) is 29.1 Å². The summed E-state index contributed by atoms with van der Waals surface area (Å²) in [7, 11) is 0. The summed E-state index contributed by atoms with van der Waals surface area (Å²) in [6, 6.07) is 11.8. The number of aryl methyl sites for hydroxylation is 1. The number of anilines is 2. The van der Waals surface area contributed by atoms with Crippen LogP contribution in [0.15, 0.2) is 61.1 Å². The van der Waals surface area contributed by atoms with Crippen LogP contribution in [0.4, 0.5) is 25.1 Å². The zero-order valence-corrected chi connectivity index (χ0v) is 24.7. The quantitative estimate of drug-likeness (QED) is 0.321. The van der Waals surface area contributed by atoms with Gasteiger partial charge in [-0.15, -0.1) is 0 Å². The number of hydrogen-bond donors (Lipinski definition) is 2. The number of morpholine rings is 1. The number of halogens is 2. The number of nitrogens with two attached hydrogens (primary N) is 1. The Bertz CT molecular complexity index is 1670. The van der Waals surface area contributed by atoms with E-state index in [-0.39, 0.29) is 23.8 Å². The number of carbonyl (C=O) groups excluding carboxylic acids is 2. The third-order valence-electron chi connectivity index (χ3n) is 8.03. The molecule has 1 atom stereocenters. The maximum Gasteiger partial charge on any atom is 0.387 e. The fourth-order valence-electron chi connectivity index (χ4n) is 5.65. The van der Waals surface area contributed by atoms with Crippen molar-refractivity contribution in [2.45, 2.75) is 19.6 Å². The first-order chi connectivity index (χ1) is 21.8. The average molecular weight is 621 g/mol. The summed E-state index contributed by atoms with van der Waals surface area (Å²) in [5.41, 5.74) is 9.93. The number of piperazine rings is 1. The van der Waals surface area contributed by atoms with Crippen LogP contribution in [0, 0.1) is 6.92 Å². The maximum absolute atomic E-state index is 13.4. The van der Waals surface area contributed by atoms with Crippen molar-refractivity contribution in [3.8, 4) is 17.0 Å². The van der Waals surface area contributed by atoms with Gasteiger partial charge in [0.2, 0.25) is 0 Å². The van der Waals surface area contributed by atoms with Crippen molar-refractivity contribution in [3.05, 3.63) is 72.2 Å². The normalized spacial score (nSPS) is 17.2. The summed E-state index contributed by atoms with van der Waals surface area (Å²) in [5.74, 6) is 0.508. The predicted molar refractivity (Wildman–Crippen MR) is 163 cm³/mol. The highest BCUT2D eigenvalue weighted by Gasteiger charge is 2.31. The van der Waals surface area contributed by atoms with Crippen molar-refractivity contribution in [2.75, 3.05) is 57.7 Å². The molecule has 2 aromatic carbocycles. The third-order valence-corrected chi connectivity index (χ3v) is 8.03. The lowest BCUT2D eigenvalue weighted by Gasteiger charge is -2.40. The molecule has 0 spiro atoms. The number of aromatic nitrogens is 3. The van der Waals surface area contributed by atoms with Gasteiger partial charge in [0.1, 0.15) is 5.75 Å². The molecule has 0 saturated carbocycles. The first-order valence-corrected chi connectivity index (χ1v) is 14.7. The van der Waals surface area contributed by atoms with E-state index in [9.17, 15) is 18.4 Å². The van der Waals surface area contributed by atoms with Gasteiger partial charge in [-0.25, -0.2) is 14.8 Å². The van der Waals surface area contributed by atoms with Gasteiger partial charge in [0, 0.05) is 75.0 Å². The SMILES string of the molecule is Cc1cc(Nc2nccn3c(-c4ccc(OC(F)F)cc4)cnc23)ccc1C(=O)N1CCN(C(=O)N2CCO[C@H](CN)C2)CC1. The van der Waals surface area contributed by atoms with Gasteiger partial charge in [-0.2, -0.15) is 8.78 Å². The second kappa shape index (κ2) is 13.0. The van der Waals surface area contributed by atoms with E-state index in [1.165, 1.54) is 12.1 Å². The standard InChI is InChI=1S/C31H34F2N8O4/c1-20-16-22(37-27-28-36-18-26(41(28)9-8-35-27)21-2-5-23(6-3-21)45-30(32)33)4-7-25(20)29(42)38-10-12-39(13-11-38)31(43)40-14-15-44-24(17-34)19-40/h2-9,16,18,24,30H,10-15,17,19,34H2,1H3,(H,35,37)/t24-/m1/s1. The van der Waals surface area contributed by atoms with Crippen LogP contribution in [0.3, 0.4) is 0 Å². The molecule has 45 heavy (non-hydrogen) atoms. The number of ether oxygens (including phenoxy) is 2.